The van der Waals surface area contributed by atoms with Crippen LogP contribution in [0.15, 0.2) is 42.5 Å². The number of carbonyl (C=O) groups excluding carboxylic acids is 1. The van der Waals surface area contributed by atoms with Crippen molar-refractivity contribution in [1.29, 1.82) is 0 Å². The molecular weight excluding hydrogens is 393 g/mol. The lowest BCUT2D eigenvalue weighted by Gasteiger charge is -2.22. The largest absolute Gasteiger partial charge is 0.352 e. The second-order valence-corrected chi connectivity index (χ2v) is 8.11. The maximum atomic E-state index is 13.0. The maximum absolute atomic E-state index is 13.0. The van der Waals surface area contributed by atoms with Crippen LogP contribution in [0.4, 0.5) is 0 Å². The average Bonchev–Trinajstić information content (AvgIpc) is 2.99. The first kappa shape index (κ1) is 20.7. The lowest BCUT2D eigenvalue weighted by Crippen LogP contribution is -2.37. The monoisotopic (exact) mass is 417 g/mol. The molecule has 28 heavy (non-hydrogen) atoms. The molecule has 0 aliphatic carbocycles. The third kappa shape index (κ3) is 4.50. The second-order valence-electron chi connectivity index (χ2n) is 7.27. The molecule has 4 nitrogen and oxygen atoms in total. The van der Waals surface area contributed by atoms with Crippen molar-refractivity contribution in [3.63, 3.8) is 0 Å². The maximum Gasteiger partial charge on any atom is 0.243 e. The molecule has 0 bridgehead atoms. The summed E-state index contributed by atoms with van der Waals surface area (Å²) >= 11 is 12.4. The molecule has 3 aromatic rings. The van der Waals surface area contributed by atoms with Crippen LogP contribution in [0, 0.1) is 0 Å². The van der Waals surface area contributed by atoms with Gasteiger partial charge in [-0.3, -0.25) is 4.79 Å². The molecule has 2 aromatic carbocycles. The van der Waals surface area contributed by atoms with Crippen molar-refractivity contribution >= 4 is 40.1 Å². The summed E-state index contributed by atoms with van der Waals surface area (Å²) in [6.45, 7) is 6.03. The van der Waals surface area contributed by atoms with E-state index < -0.39 is 0 Å². The van der Waals surface area contributed by atoms with Crippen molar-refractivity contribution in [2.75, 3.05) is 0 Å². The van der Waals surface area contributed by atoms with Crippen molar-refractivity contribution in [2.45, 2.75) is 52.1 Å². The van der Waals surface area contributed by atoms with E-state index in [0.717, 1.165) is 35.3 Å². The fourth-order valence-corrected chi connectivity index (χ4v) is 3.91. The van der Waals surface area contributed by atoms with E-state index in [-0.39, 0.29) is 18.0 Å². The van der Waals surface area contributed by atoms with Crippen LogP contribution in [0.2, 0.25) is 10.0 Å². The fraction of sp³-hybridized carbons (Fsp3) is 0.364. The summed E-state index contributed by atoms with van der Waals surface area (Å²) in [5, 5.41) is 4.26. The Hall–Kier alpha value is -2.04. The standard InChI is InChI=1S/C22H25Cl2N3O/c1-4-7-20(22(28)25-14(2)3)27-19-9-6-5-8-18(19)26-21(27)12-15-10-11-16(23)13-17(15)24/h5-6,8-11,13-14,20H,4,7,12H2,1-3H3,(H,25,28). The summed E-state index contributed by atoms with van der Waals surface area (Å²) < 4.78 is 2.07. The minimum absolute atomic E-state index is 0.0171. The highest BCUT2D eigenvalue weighted by Gasteiger charge is 2.25. The van der Waals surface area contributed by atoms with E-state index in [9.17, 15) is 4.79 Å². The molecule has 1 atom stereocenters. The summed E-state index contributed by atoms with van der Waals surface area (Å²) in [7, 11) is 0. The van der Waals surface area contributed by atoms with Gasteiger partial charge in [0.25, 0.3) is 0 Å². The number of rotatable bonds is 7. The predicted octanol–water partition coefficient (Wildman–Crippen LogP) is 5.80. The van der Waals surface area contributed by atoms with Gasteiger partial charge in [-0.25, -0.2) is 4.98 Å². The van der Waals surface area contributed by atoms with Crippen molar-refractivity contribution < 1.29 is 4.79 Å². The van der Waals surface area contributed by atoms with Gasteiger partial charge < -0.3 is 9.88 Å². The molecule has 3 rings (SSSR count). The number of nitrogens with one attached hydrogen (secondary N) is 1. The summed E-state index contributed by atoms with van der Waals surface area (Å²) in [5.41, 5.74) is 2.77. The molecule has 1 unspecified atom stereocenters. The van der Waals surface area contributed by atoms with E-state index in [4.69, 9.17) is 28.2 Å². The van der Waals surface area contributed by atoms with Gasteiger partial charge in [-0.1, -0.05) is 54.7 Å². The molecule has 0 spiro atoms. The van der Waals surface area contributed by atoms with Gasteiger partial charge >= 0.3 is 0 Å². The number of hydrogen-bond donors (Lipinski definition) is 1. The summed E-state index contributed by atoms with van der Waals surface area (Å²) in [5.74, 6) is 0.839. The number of nitrogens with zero attached hydrogens (tertiary/aromatic N) is 2. The first-order valence-electron chi connectivity index (χ1n) is 9.60. The predicted molar refractivity (Wildman–Crippen MR) is 116 cm³/mol. The molecule has 0 saturated carbocycles. The summed E-state index contributed by atoms with van der Waals surface area (Å²) in [6.07, 6.45) is 2.16. The molecule has 0 fully saturated rings. The lowest BCUT2D eigenvalue weighted by molar-refractivity contribution is -0.125. The Morgan fingerprint density at radius 1 is 1.18 bits per heavy atom. The van der Waals surface area contributed by atoms with E-state index in [1.54, 1.807) is 6.07 Å². The Labute approximate surface area is 175 Å². The smallest absolute Gasteiger partial charge is 0.243 e. The van der Waals surface area contributed by atoms with E-state index in [2.05, 4.69) is 16.8 Å². The number of carbonyl (C=O) groups is 1. The highest BCUT2D eigenvalue weighted by atomic mass is 35.5. The van der Waals surface area contributed by atoms with Gasteiger partial charge in [0.2, 0.25) is 5.91 Å². The highest BCUT2D eigenvalue weighted by Crippen LogP contribution is 2.29. The third-order valence-corrected chi connectivity index (χ3v) is 5.23. The molecule has 0 saturated heterocycles. The Morgan fingerprint density at radius 2 is 1.93 bits per heavy atom. The first-order valence-corrected chi connectivity index (χ1v) is 10.4. The Balaban J connectivity index is 2.10. The van der Waals surface area contributed by atoms with E-state index >= 15 is 0 Å². The Kier molecular flexibility index (Phi) is 6.63. The molecule has 1 amide bonds. The Bertz CT molecular complexity index is 981. The van der Waals surface area contributed by atoms with E-state index in [1.165, 1.54) is 0 Å². The van der Waals surface area contributed by atoms with Gasteiger partial charge in [-0.15, -0.1) is 0 Å². The number of hydrogen-bond acceptors (Lipinski definition) is 2. The molecule has 0 radical (unpaired) electrons. The van der Waals surface area contributed by atoms with Crippen molar-refractivity contribution in [3.05, 3.63) is 63.9 Å². The minimum atomic E-state index is -0.319. The number of benzene rings is 2. The number of para-hydroxylation sites is 2. The molecule has 1 aromatic heterocycles. The van der Waals surface area contributed by atoms with Crippen LogP contribution in [-0.4, -0.2) is 21.5 Å². The topological polar surface area (TPSA) is 46.9 Å². The van der Waals surface area contributed by atoms with Gasteiger partial charge in [0.05, 0.1) is 11.0 Å². The normalized spacial score (nSPS) is 12.5. The fourth-order valence-electron chi connectivity index (χ4n) is 3.43. The Morgan fingerprint density at radius 3 is 2.61 bits per heavy atom. The average molecular weight is 418 g/mol. The summed E-state index contributed by atoms with van der Waals surface area (Å²) in [6, 6.07) is 13.2. The van der Waals surface area contributed by atoms with Gasteiger partial charge in [-0.2, -0.15) is 0 Å². The molecule has 148 valence electrons. The minimum Gasteiger partial charge on any atom is -0.352 e. The molecule has 1 N–H and O–H groups in total. The number of halogens is 2. The second kappa shape index (κ2) is 8.97. The van der Waals surface area contributed by atoms with Crippen LogP contribution in [0.3, 0.4) is 0 Å². The molecule has 6 heteroatoms. The van der Waals surface area contributed by atoms with E-state index in [0.29, 0.717) is 16.5 Å². The SMILES string of the molecule is CCCC(C(=O)NC(C)C)n1c(Cc2ccc(Cl)cc2Cl)nc2ccccc21. The van der Waals surface area contributed by atoms with Crippen molar-refractivity contribution in [3.8, 4) is 0 Å². The van der Waals surface area contributed by atoms with Crippen molar-refractivity contribution in [2.24, 2.45) is 0 Å². The van der Waals surface area contributed by atoms with E-state index in [1.807, 2.05) is 50.2 Å². The zero-order chi connectivity index (χ0) is 20.3. The van der Waals surface area contributed by atoms with Crippen molar-refractivity contribution in [1.82, 2.24) is 14.9 Å². The van der Waals surface area contributed by atoms with Crippen LogP contribution in [-0.2, 0) is 11.2 Å². The van der Waals surface area contributed by atoms with Crippen LogP contribution in [0.25, 0.3) is 11.0 Å². The zero-order valence-electron chi connectivity index (χ0n) is 16.4. The number of fused-ring (bicyclic) bond motifs is 1. The molecule has 1 heterocycles. The molecular formula is C22H25Cl2N3O. The number of aromatic nitrogens is 2. The molecule has 0 aliphatic rings. The van der Waals surface area contributed by atoms with Crippen LogP contribution >= 0.6 is 23.2 Å². The van der Waals surface area contributed by atoms with Crippen LogP contribution in [0.5, 0.6) is 0 Å². The number of imidazole rings is 1. The summed E-state index contributed by atoms with van der Waals surface area (Å²) in [4.78, 5) is 17.8. The first-order chi connectivity index (χ1) is 13.4. The highest BCUT2D eigenvalue weighted by molar-refractivity contribution is 6.35. The molecule has 0 aliphatic heterocycles. The quantitative estimate of drug-likeness (QED) is 0.527. The van der Waals surface area contributed by atoms with Gasteiger partial charge in [0.1, 0.15) is 11.9 Å². The third-order valence-electron chi connectivity index (χ3n) is 4.64. The van der Waals surface area contributed by atoms with Gasteiger partial charge in [0, 0.05) is 22.5 Å². The number of amides is 1. The van der Waals surface area contributed by atoms with Crippen LogP contribution in [0.1, 0.15) is 51.0 Å². The zero-order valence-corrected chi connectivity index (χ0v) is 17.9. The van der Waals surface area contributed by atoms with Gasteiger partial charge in [0.15, 0.2) is 0 Å². The van der Waals surface area contributed by atoms with Crippen LogP contribution < -0.4 is 5.32 Å². The van der Waals surface area contributed by atoms with Gasteiger partial charge in [-0.05, 0) is 50.1 Å². The lowest BCUT2D eigenvalue weighted by atomic mass is 10.1.